The number of aryl methyl sites for hydroxylation is 2. The monoisotopic (exact) mass is 395 g/mol. The molecule has 29 heavy (non-hydrogen) atoms. The Morgan fingerprint density at radius 3 is 2.66 bits per heavy atom. The van der Waals surface area contributed by atoms with Crippen molar-refractivity contribution in [3.8, 4) is 0 Å². The number of hydrazone groups is 1. The van der Waals surface area contributed by atoms with Crippen LogP contribution >= 0.6 is 0 Å². The van der Waals surface area contributed by atoms with Crippen LogP contribution in [0, 0.1) is 13.8 Å². The summed E-state index contributed by atoms with van der Waals surface area (Å²) in [6.07, 6.45) is 1.41. The lowest BCUT2D eigenvalue weighted by Crippen LogP contribution is -2.27. The van der Waals surface area contributed by atoms with E-state index in [4.69, 9.17) is 4.74 Å². The Kier molecular flexibility index (Phi) is 5.58. The molecule has 0 aliphatic carbocycles. The van der Waals surface area contributed by atoms with Crippen LogP contribution < -0.4 is 11.0 Å². The van der Waals surface area contributed by atoms with Crippen molar-refractivity contribution in [2.75, 3.05) is 6.61 Å². The topological polar surface area (TPSA) is 118 Å². The Balaban J connectivity index is 1.86. The highest BCUT2D eigenvalue weighted by molar-refractivity contribution is 6.05. The molecule has 9 heteroatoms. The van der Waals surface area contributed by atoms with E-state index >= 15 is 0 Å². The maximum absolute atomic E-state index is 12.6. The van der Waals surface area contributed by atoms with Gasteiger partial charge in [-0.3, -0.25) is 9.59 Å². The average molecular weight is 395 g/mol. The van der Waals surface area contributed by atoms with Crippen LogP contribution in [0.5, 0.6) is 0 Å². The van der Waals surface area contributed by atoms with Crippen LogP contribution in [0.3, 0.4) is 0 Å². The molecule has 0 bridgehead atoms. The summed E-state index contributed by atoms with van der Waals surface area (Å²) in [5.74, 6) is -0.970. The lowest BCUT2D eigenvalue weighted by molar-refractivity contribution is 0.0525. The molecule has 0 radical (unpaired) electrons. The summed E-state index contributed by atoms with van der Waals surface area (Å²) < 4.78 is 6.17. The van der Waals surface area contributed by atoms with E-state index in [9.17, 15) is 14.4 Å². The first-order chi connectivity index (χ1) is 13.8. The second-order valence-electron chi connectivity index (χ2n) is 6.41. The summed E-state index contributed by atoms with van der Waals surface area (Å²) in [6, 6.07) is 6.75. The van der Waals surface area contributed by atoms with Gasteiger partial charge >= 0.3 is 5.97 Å². The number of aromatic nitrogens is 3. The van der Waals surface area contributed by atoms with E-state index in [1.807, 2.05) is 0 Å². The van der Waals surface area contributed by atoms with E-state index in [2.05, 4.69) is 20.6 Å². The summed E-state index contributed by atoms with van der Waals surface area (Å²) in [5.41, 5.74) is 4.56. The van der Waals surface area contributed by atoms with Crippen LogP contribution in [0.2, 0.25) is 0 Å². The molecule has 2 N–H and O–H groups in total. The Hall–Kier alpha value is -3.75. The molecule has 1 amide bonds. The molecule has 0 aliphatic rings. The van der Waals surface area contributed by atoms with Crippen molar-refractivity contribution in [3.63, 3.8) is 0 Å². The first-order valence-electron chi connectivity index (χ1n) is 9.00. The number of nitrogens with zero attached hydrogens (tertiary/aromatic N) is 3. The van der Waals surface area contributed by atoms with Gasteiger partial charge in [-0.25, -0.2) is 14.9 Å². The minimum Gasteiger partial charge on any atom is -0.462 e. The van der Waals surface area contributed by atoms with Crippen molar-refractivity contribution >= 4 is 28.9 Å². The lowest BCUT2D eigenvalue weighted by atomic mass is 10.1. The number of carbonyl (C=O) groups excluding carboxylic acids is 2. The zero-order valence-electron chi connectivity index (χ0n) is 16.6. The predicted octanol–water partition coefficient (Wildman–Crippen LogP) is 1.82. The van der Waals surface area contributed by atoms with E-state index in [1.165, 1.54) is 13.3 Å². The normalized spacial score (nSPS) is 11.2. The van der Waals surface area contributed by atoms with Gasteiger partial charge in [0.1, 0.15) is 0 Å². The fraction of sp³-hybridized carbons (Fsp3) is 0.250. The van der Waals surface area contributed by atoms with Crippen LogP contribution in [0.4, 0.5) is 0 Å². The average Bonchev–Trinajstić information content (AvgIpc) is 2.98. The van der Waals surface area contributed by atoms with E-state index in [1.54, 1.807) is 45.0 Å². The van der Waals surface area contributed by atoms with Gasteiger partial charge in [-0.2, -0.15) is 10.2 Å². The van der Waals surface area contributed by atoms with Crippen molar-refractivity contribution in [1.29, 1.82) is 0 Å². The highest BCUT2D eigenvalue weighted by Crippen LogP contribution is 2.18. The number of hydrogen-bond donors (Lipinski definition) is 2. The van der Waals surface area contributed by atoms with Crippen molar-refractivity contribution < 1.29 is 14.3 Å². The van der Waals surface area contributed by atoms with E-state index in [0.717, 1.165) is 4.68 Å². The van der Waals surface area contributed by atoms with Crippen molar-refractivity contribution in [3.05, 3.63) is 62.8 Å². The number of hydrogen-bond acceptors (Lipinski definition) is 6. The molecule has 150 valence electrons. The van der Waals surface area contributed by atoms with E-state index in [-0.39, 0.29) is 17.9 Å². The van der Waals surface area contributed by atoms with Crippen LogP contribution in [0.25, 0.3) is 10.8 Å². The summed E-state index contributed by atoms with van der Waals surface area (Å²) in [4.78, 5) is 39.9. The number of amides is 1. The van der Waals surface area contributed by atoms with Gasteiger partial charge in [0.05, 0.1) is 29.5 Å². The first kappa shape index (κ1) is 20.0. The predicted molar refractivity (Wildman–Crippen MR) is 108 cm³/mol. The maximum Gasteiger partial charge on any atom is 0.340 e. The fourth-order valence-electron chi connectivity index (χ4n) is 3.09. The molecule has 0 saturated heterocycles. The molecule has 0 unspecified atom stereocenters. The maximum atomic E-state index is 12.6. The molecule has 1 aromatic carbocycles. The number of H-pyrrole nitrogens is 1. The van der Waals surface area contributed by atoms with Gasteiger partial charge in [0, 0.05) is 18.1 Å². The fourth-order valence-corrected chi connectivity index (χ4v) is 3.09. The molecular formula is C20H21N5O4. The second kappa shape index (κ2) is 8.09. The number of benzene rings is 1. The minimum atomic E-state index is -0.556. The Bertz CT molecular complexity index is 1190. The van der Waals surface area contributed by atoms with E-state index < -0.39 is 11.9 Å². The van der Waals surface area contributed by atoms with Gasteiger partial charge in [0.15, 0.2) is 5.69 Å². The molecule has 3 rings (SSSR count). The number of fused-ring (bicyclic) bond motifs is 1. The Morgan fingerprint density at radius 1 is 1.28 bits per heavy atom. The highest BCUT2D eigenvalue weighted by atomic mass is 16.5. The number of carbonyl (C=O) groups is 2. The molecule has 0 fully saturated rings. The lowest BCUT2D eigenvalue weighted by Gasteiger charge is -2.06. The Morgan fingerprint density at radius 2 is 1.97 bits per heavy atom. The summed E-state index contributed by atoms with van der Waals surface area (Å²) in [6.45, 7) is 5.55. The number of ether oxygens (including phenoxy) is 1. The SMILES string of the molecule is CCOC(=O)c1c(C)[nH]c(/C=N/NC(=O)c2nn(C)c(=O)c3ccccc23)c1C. The molecule has 0 atom stereocenters. The van der Waals surface area contributed by atoms with Crippen LogP contribution in [-0.2, 0) is 11.8 Å². The first-order valence-corrected chi connectivity index (χ1v) is 9.00. The van der Waals surface area contributed by atoms with Crippen molar-refractivity contribution in [2.24, 2.45) is 12.1 Å². The number of aromatic amines is 1. The number of rotatable bonds is 5. The Labute approximate surface area is 166 Å². The van der Waals surface area contributed by atoms with Gasteiger partial charge in [-0.15, -0.1) is 0 Å². The number of esters is 1. The third-order valence-electron chi connectivity index (χ3n) is 4.49. The van der Waals surface area contributed by atoms with Gasteiger partial charge < -0.3 is 9.72 Å². The smallest absolute Gasteiger partial charge is 0.340 e. The zero-order chi connectivity index (χ0) is 21.1. The molecule has 9 nitrogen and oxygen atoms in total. The van der Waals surface area contributed by atoms with Crippen molar-refractivity contribution in [2.45, 2.75) is 20.8 Å². The minimum absolute atomic E-state index is 0.0893. The van der Waals surface area contributed by atoms with Crippen LogP contribution in [-0.4, -0.2) is 39.5 Å². The highest BCUT2D eigenvalue weighted by Gasteiger charge is 2.19. The summed E-state index contributed by atoms with van der Waals surface area (Å²) in [7, 11) is 1.48. The standard InChI is InChI=1S/C20H21N5O4/c1-5-29-20(28)16-11(2)15(22-12(16)3)10-21-23-18(26)17-13-8-6-7-9-14(13)19(27)25(4)24-17/h6-10,22H,5H2,1-4H3,(H,23,26)/b21-10+. The number of nitrogens with one attached hydrogen (secondary N) is 2. The van der Waals surface area contributed by atoms with E-state index in [0.29, 0.717) is 33.3 Å². The van der Waals surface area contributed by atoms with Crippen molar-refractivity contribution in [1.82, 2.24) is 20.2 Å². The van der Waals surface area contributed by atoms with Crippen LogP contribution in [0.1, 0.15) is 44.7 Å². The zero-order valence-corrected chi connectivity index (χ0v) is 16.6. The molecule has 2 heterocycles. The van der Waals surface area contributed by atoms with Gasteiger partial charge in [0.25, 0.3) is 11.5 Å². The molecular weight excluding hydrogens is 374 g/mol. The summed E-state index contributed by atoms with van der Waals surface area (Å²) in [5, 5.41) is 8.86. The molecule has 2 aromatic heterocycles. The van der Waals surface area contributed by atoms with Gasteiger partial charge in [-0.05, 0) is 32.4 Å². The molecule has 0 aliphatic heterocycles. The van der Waals surface area contributed by atoms with Gasteiger partial charge in [-0.1, -0.05) is 18.2 Å². The van der Waals surface area contributed by atoms with Crippen LogP contribution in [0.15, 0.2) is 34.2 Å². The second-order valence-corrected chi connectivity index (χ2v) is 6.41. The molecule has 0 saturated carbocycles. The van der Waals surface area contributed by atoms with Gasteiger partial charge in [0.2, 0.25) is 0 Å². The largest absolute Gasteiger partial charge is 0.462 e. The quantitative estimate of drug-likeness (QED) is 0.388. The third-order valence-corrected chi connectivity index (χ3v) is 4.49. The molecule has 0 spiro atoms. The third kappa shape index (κ3) is 3.79. The summed E-state index contributed by atoms with van der Waals surface area (Å²) >= 11 is 0. The molecule has 3 aromatic rings.